The van der Waals surface area contributed by atoms with E-state index in [0.29, 0.717) is 0 Å². The Morgan fingerprint density at radius 3 is 2.83 bits per heavy atom. The van der Waals surface area contributed by atoms with Gasteiger partial charge < -0.3 is 5.73 Å². The summed E-state index contributed by atoms with van der Waals surface area (Å²) in [5.74, 6) is 0. The molecular weight excluding hydrogens is 240 g/mol. The van der Waals surface area contributed by atoms with Gasteiger partial charge >= 0.3 is 0 Å². The fourth-order valence-electron chi connectivity index (χ4n) is 2.83. The lowest BCUT2D eigenvalue weighted by molar-refractivity contribution is 0.366. The van der Waals surface area contributed by atoms with Gasteiger partial charge in [0.2, 0.25) is 0 Å². The third-order valence-electron chi connectivity index (χ3n) is 3.75. The predicted molar refractivity (Wildman–Crippen MR) is 75.9 cm³/mol. The molecule has 0 fully saturated rings. The lowest BCUT2D eigenvalue weighted by Crippen LogP contribution is -2.47. The number of thiazole rings is 1. The van der Waals surface area contributed by atoms with Gasteiger partial charge in [0.05, 0.1) is 10.7 Å². The van der Waals surface area contributed by atoms with Gasteiger partial charge in [-0.3, -0.25) is 0 Å². The zero-order valence-corrected chi connectivity index (χ0v) is 11.5. The number of benzene rings is 1. The van der Waals surface area contributed by atoms with Crippen molar-refractivity contribution >= 4 is 11.3 Å². The fraction of sp³-hybridized carbons (Fsp3) is 0.400. The molecule has 18 heavy (non-hydrogen) atoms. The topological polar surface area (TPSA) is 38.9 Å². The van der Waals surface area contributed by atoms with Crippen LogP contribution in [0.3, 0.4) is 0 Å². The van der Waals surface area contributed by atoms with Gasteiger partial charge in [-0.1, -0.05) is 24.3 Å². The van der Waals surface area contributed by atoms with Crippen molar-refractivity contribution in [3.63, 3.8) is 0 Å². The van der Waals surface area contributed by atoms with E-state index in [1.807, 2.05) is 6.92 Å². The maximum Gasteiger partial charge on any atom is 0.0897 e. The average Bonchev–Trinajstić information content (AvgIpc) is 2.74. The molecule has 3 rings (SSSR count). The van der Waals surface area contributed by atoms with E-state index in [9.17, 15) is 0 Å². The molecule has 2 N–H and O–H groups in total. The summed E-state index contributed by atoms with van der Waals surface area (Å²) < 4.78 is 0. The predicted octanol–water partition coefficient (Wildman–Crippen LogP) is 2.88. The van der Waals surface area contributed by atoms with Crippen LogP contribution in [-0.2, 0) is 19.3 Å². The molecule has 1 aliphatic rings. The van der Waals surface area contributed by atoms with Crippen molar-refractivity contribution in [3.8, 4) is 0 Å². The van der Waals surface area contributed by atoms with E-state index in [2.05, 4.69) is 34.6 Å². The lowest BCUT2D eigenvalue weighted by atomic mass is 9.76. The molecule has 3 heteroatoms. The molecule has 1 aromatic carbocycles. The highest BCUT2D eigenvalue weighted by Gasteiger charge is 2.31. The van der Waals surface area contributed by atoms with Crippen LogP contribution >= 0.6 is 11.3 Å². The largest absolute Gasteiger partial charge is 0.324 e. The monoisotopic (exact) mass is 258 g/mol. The molecule has 0 radical (unpaired) electrons. The Labute approximate surface area is 112 Å². The number of nitrogens with two attached hydrogens (primary N) is 1. The molecule has 0 spiro atoms. The van der Waals surface area contributed by atoms with E-state index >= 15 is 0 Å². The summed E-state index contributed by atoms with van der Waals surface area (Å²) in [7, 11) is 0. The summed E-state index contributed by atoms with van der Waals surface area (Å²) in [5, 5.41) is 3.27. The first-order valence-corrected chi connectivity index (χ1v) is 7.29. The van der Waals surface area contributed by atoms with Gasteiger partial charge in [-0.05, 0) is 37.3 Å². The van der Waals surface area contributed by atoms with Gasteiger partial charge in [0.1, 0.15) is 0 Å². The molecular formula is C15H18N2S. The van der Waals surface area contributed by atoms with Crippen molar-refractivity contribution in [2.24, 2.45) is 5.73 Å². The van der Waals surface area contributed by atoms with E-state index in [4.69, 9.17) is 5.73 Å². The van der Waals surface area contributed by atoms with Crippen LogP contribution in [0, 0.1) is 6.92 Å². The number of aryl methyl sites for hydroxylation is 2. The first-order valence-electron chi connectivity index (χ1n) is 6.41. The first kappa shape index (κ1) is 11.9. The van der Waals surface area contributed by atoms with Gasteiger partial charge in [-0.15, -0.1) is 11.3 Å². The zero-order valence-electron chi connectivity index (χ0n) is 10.6. The minimum Gasteiger partial charge on any atom is -0.324 e. The number of hydrogen-bond acceptors (Lipinski definition) is 3. The molecule has 1 atom stereocenters. The maximum atomic E-state index is 6.58. The van der Waals surface area contributed by atoms with Crippen LogP contribution in [0.5, 0.6) is 0 Å². The Balaban J connectivity index is 1.81. The second-order valence-corrected chi connectivity index (χ2v) is 6.40. The second-order valence-electron chi connectivity index (χ2n) is 5.34. The molecule has 0 aliphatic heterocycles. The van der Waals surface area contributed by atoms with Crippen LogP contribution < -0.4 is 5.73 Å². The van der Waals surface area contributed by atoms with Crippen LogP contribution in [0.4, 0.5) is 0 Å². The summed E-state index contributed by atoms with van der Waals surface area (Å²) in [6.07, 6.45) is 4.02. The quantitative estimate of drug-likeness (QED) is 0.899. The highest BCUT2D eigenvalue weighted by Crippen LogP contribution is 2.29. The molecule has 1 heterocycles. The van der Waals surface area contributed by atoms with Gasteiger partial charge in [0.15, 0.2) is 0 Å². The Kier molecular flexibility index (Phi) is 2.96. The molecule has 1 aliphatic carbocycles. The Morgan fingerprint density at radius 2 is 2.11 bits per heavy atom. The van der Waals surface area contributed by atoms with E-state index in [-0.39, 0.29) is 5.54 Å². The number of aromatic nitrogens is 1. The fourth-order valence-corrected chi connectivity index (χ4v) is 3.44. The summed E-state index contributed by atoms with van der Waals surface area (Å²) in [6, 6.07) is 8.66. The Bertz CT molecular complexity index is 561. The average molecular weight is 258 g/mol. The van der Waals surface area contributed by atoms with Crippen LogP contribution in [-0.4, -0.2) is 10.5 Å². The van der Waals surface area contributed by atoms with Crippen LogP contribution in [0.15, 0.2) is 29.6 Å². The van der Waals surface area contributed by atoms with Crippen molar-refractivity contribution in [1.82, 2.24) is 4.98 Å². The number of rotatable bonds is 2. The van der Waals surface area contributed by atoms with Crippen molar-refractivity contribution in [1.29, 1.82) is 0 Å². The normalized spacial score (nSPS) is 22.8. The summed E-state index contributed by atoms with van der Waals surface area (Å²) in [5.41, 5.74) is 10.5. The Hall–Kier alpha value is -1.19. The van der Waals surface area contributed by atoms with Crippen molar-refractivity contribution in [2.45, 2.75) is 38.1 Å². The molecule has 1 unspecified atom stereocenters. The number of nitrogens with zero attached hydrogens (tertiary/aromatic N) is 1. The zero-order chi connectivity index (χ0) is 12.6. The summed E-state index contributed by atoms with van der Waals surface area (Å²) >= 11 is 1.71. The SMILES string of the molecule is Cc1nc(CC2(N)CCc3ccccc3C2)cs1. The van der Waals surface area contributed by atoms with Crippen molar-refractivity contribution < 1.29 is 0 Å². The molecule has 0 saturated carbocycles. The van der Waals surface area contributed by atoms with Crippen molar-refractivity contribution in [2.75, 3.05) is 0 Å². The van der Waals surface area contributed by atoms with Crippen LogP contribution in [0.1, 0.15) is 28.2 Å². The molecule has 2 aromatic rings. The van der Waals surface area contributed by atoms with Gasteiger partial charge in [0, 0.05) is 17.3 Å². The molecule has 0 saturated heterocycles. The highest BCUT2D eigenvalue weighted by atomic mass is 32.1. The molecule has 1 aromatic heterocycles. The first-order chi connectivity index (χ1) is 8.65. The molecule has 94 valence electrons. The minimum absolute atomic E-state index is 0.116. The van der Waals surface area contributed by atoms with E-state index in [0.717, 1.165) is 36.4 Å². The second kappa shape index (κ2) is 4.48. The minimum atomic E-state index is -0.116. The lowest BCUT2D eigenvalue weighted by Gasteiger charge is -2.34. The van der Waals surface area contributed by atoms with E-state index in [1.54, 1.807) is 11.3 Å². The van der Waals surface area contributed by atoms with Crippen LogP contribution in [0.2, 0.25) is 0 Å². The molecule has 0 amide bonds. The standard InChI is InChI=1S/C15H18N2S/c1-11-17-14(10-18-11)9-15(16)7-6-12-4-2-3-5-13(12)8-15/h2-5,10H,6-9,16H2,1H3. The molecule has 0 bridgehead atoms. The van der Waals surface area contributed by atoms with E-state index in [1.165, 1.54) is 11.1 Å². The molecule has 2 nitrogen and oxygen atoms in total. The maximum absolute atomic E-state index is 6.58. The summed E-state index contributed by atoms with van der Waals surface area (Å²) in [6.45, 7) is 2.05. The summed E-state index contributed by atoms with van der Waals surface area (Å²) in [4.78, 5) is 4.54. The van der Waals surface area contributed by atoms with Gasteiger partial charge in [-0.25, -0.2) is 4.98 Å². The highest BCUT2D eigenvalue weighted by molar-refractivity contribution is 7.09. The number of fused-ring (bicyclic) bond motifs is 1. The third kappa shape index (κ3) is 2.33. The number of hydrogen-bond donors (Lipinski definition) is 1. The third-order valence-corrected chi connectivity index (χ3v) is 4.58. The van der Waals surface area contributed by atoms with Gasteiger partial charge in [-0.2, -0.15) is 0 Å². The smallest absolute Gasteiger partial charge is 0.0897 e. The van der Waals surface area contributed by atoms with Crippen LogP contribution in [0.25, 0.3) is 0 Å². The Morgan fingerprint density at radius 1 is 1.33 bits per heavy atom. The van der Waals surface area contributed by atoms with Crippen molar-refractivity contribution in [3.05, 3.63) is 51.5 Å². The van der Waals surface area contributed by atoms with E-state index < -0.39 is 0 Å². The van der Waals surface area contributed by atoms with Gasteiger partial charge in [0.25, 0.3) is 0 Å².